The Morgan fingerprint density at radius 1 is 0.769 bits per heavy atom. The van der Waals surface area contributed by atoms with Crippen LogP contribution in [0, 0.1) is 5.92 Å². The van der Waals surface area contributed by atoms with Crippen LogP contribution in [0.3, 0.4) is 0 Å². The average Bonchev–Trinajstić information content (AvgIpc) is 3.19. The van der Waals surface area contributed by atoms with Gasteiger partial charge in [-0.3, -0.25) is 4.99 Å². The quantitative estimate of drug-likeness (QED) is 0.265. The molecule has 0 aromatic heterocycles. The van der Waals surface area contributed by atoms with Crippen molar-refractivity contribution in [1.82, 2.24) is 5.32 Å². The van der Waals surface area contributed by atoms with E-state index < -0.39 is 0 Å². The molecule has 1 aliphatic heterocycles. The zero-order chi connectivity index (χ0) is 18.7. The van der Waals surface area contributed by atoms with Crippen LogP contribution in [-0.2, 0) is 0 Å². The highest BCUT2D eigenvalue weighted by atomic mass is 16.3. The number of unbranched alkanes of at least 4 members (excludes halogenated alkanes) is 15. The first-order valence-corrected chi connectivity index (χ1v) is 11.8. The fourth-order valence-corrected chi connectivity index (χ4v) is 3.94. The van der Waals surface area contributed by atoms with Crippen molar-refractivity contribution in [2.45, 2.75) is 116 Å². The summed E-state index contributed by atoms with van der Waals surface area (Å²) in [4.78, 5) is 4.44. The molecule has 1 unspecified atom stereocenters. The maximum absolute atomic E-state index is 9.49. The lowest BCUT2D eigenvalue weighted by atomic mass is 9.99. The number of rotatable bonds is 19. The highest BCUT2D eigenvalue weighted by molar-refractivity contribution is 5.85. The number of aliphatic hydroxyl groups excluding tert-OH is 1. The molecule has 26 heavy (non-hydrogen) atoms. The van der Waals surface area contributed by atoms with Crippen molar-refractivity contribution in [3.63, 3.8) is 0 Å². The summed E-state index contributed by atoms with van der Waals surface area (Å²) in [5, 5.41) is 12.8. The van der Waals surface area contributed by atoms with Gasteiger partial charge in [0.05, 0.1) is 13.2 Å². The van der Waals surface area contributed by atoms with Crippen LogP contribution in [0.1, 0.15) is 116 Å². The molecule has 1 atom stereocenters. The Kier molecular flexibility index (Phi) is 16.1. The Morgan fingerprint density at radius 2 is 1.23 bits per heavy atom. The molecular weight excluding hydrogens is 320 g/mol. The van der Waals surface area contributed by atoms with Crippen molar-refractivity contribution >= 4 is 5.84 Å². The molecule has 0 amide bonds. The Hall–Kier alpha value is -0.570. The number of hydrogen-bond acceptors (Lipinski definition) is 3. The molecule has 0 spiro atoms. The molecular formula is C23H46N2O. The summed E-state index contributed by atoms with van der Waals surface area (Å²) in [6, 6.07) is 0. The third-order valence-electron chi connectivity index (χ3n) is 5.71. The van der Waals surface area contributed by atoms with E-state index >= 15 is 0 Å². The predicted molar refractivity (Wildman–Crippen MR) is 115 cm³/mol. The predicted octanol–water partition coefficient (Wildman–Crippen LogP) is 6.25. The molecule has 2 N–H and O–H groups in total. The highest BCUT2D eigenvalue weighted by Crippen LogP contribution is 2.16. The summed E-state index contributed by atoms with van der Waals surface area (Å²) < 4.78 is 0. The fourth-order valence-electron chi connectivity index (χ4n) is 3.94. The van der Waals surface area contributed by atoms with E-state index in [0.29, 0.717) is 0 Å². The zero-order valence-electron chi connectivity index (χ0n) is 17.6. The first-order valence-electron chi connectivity index (χ1n) is 11.8. The van der Waals surface area contributed by atoms with Crippen LogP contribution < -0.4 is 5.32 Å². The molecule has 1 rings (SSSR count). The average molecular weight is 367 g/mol. The van der Waals surface area contributed by atoms with Crippen LogP contribution in [0.4, 0.5) is 0 Å². The number of nitrogens with one attached hydrogen (secondary N) is 1. The minimum absolute atomic E-state index is 0.241. The summed E-state index contributed by atoms with van der Waals surface area (Å²) in [7, 11) is 0. The normalized spacial score (nSPS) is 15.1. The smallest absolute Gasteiger partial charge is 0.102 e. The Bertz CT molecular complexity index is 330. The number of aliphatic hydroxyl groups is 1. The van der Waals surface area contributed by atoms with E-state index in [9.17, 15) is 5.11 Å². The molecule has 154 valence electrons. The SMILES string of the molecule is CCCCCCCCCCCCCCCCCCC(CO)C1=NCCN1. The maximum atomic E-state index is 9.49. The van der Waals surface area contributed by atoms with Gasteiger partial charge in [0.2, 0.25) is 0 Å². The Labute approximate surface area is 163 Å². The summed E-state index contributed by atoms with van der Waals surface area (Å²) in [6.45, 7) is 4.36. The van der Waals surface area contributed by atoms with Gasteiger partial charge in [-0.15, -0.1) is 0 Å². The molecule has 0 fully saturated rings. The molecule has 0 radical (unpaired) electrons. The van der Waals surface area contributed by atoms with Gasteiger partial charge < -0.3 is 10.4 Å². The first kappa shape index (κ1) is 23.5. The molecule has 0 aliphatic carbocycles. The Morgan fingerprint density at radius 3 is 1.62 bits per heavy atom. The standard InChI is InChI=1S/C23H46N2O/c1-2-3-4-5-6-7-8-9-10-11-12-13-14-15-16-17-18-22(21-26)23-24-19-20-25-23/h22,26H,2-21H2,1H3,(H,24,25). The second-order valence-corrected chi connectivity index (χ2v) is 8.17. The summed E-state index contributed by atoms with van der Waals surface area (Å²) >= 11 is 0. The molecule has 0 saturated carbocycles. The van der Waals surface area contributed by atoms with Crippen LogP contribution in [0.15, 0.2) is 4.99 Å². The van der Waals surface area contributed by atoms with E-state index in [-0.39, 0.29) is 12.5 Å². The van der Waals surface area contributed by atoms with Crippen LogP contribution in [0.5, 0.6) is 0 Å². The number of amidine groups is 1. The largest absolute Gasteiger partial charge is 0.396 e. The topological polar surface area (TPSA) is 44.6 Å². The minimum Gasteiger partial charge on any atom is -0.396 e. The zero-order valence-corrected chi connectivity index (χ0v) is 17.6. The molecule has 0 aromatic carbocycles. The molecule has 0 saturated heterocycles. The van der Waals surface area contributed by atoms with Crippen LogP contribution in [0.25, 0.3) is 0 Å². The van der Waals surface area contributed by atoms with Crippen molar-refractivity contribution in [2.24, 2.45) is 10.9 Å². The molecule has 1 aliphatic rings. The number of hydrogen-bond donors (Lipinski definition) is 2. The van der Waals surface area contributed by atoms with Gasteiger partial charge >= 0.3 is 0 Å². The second kappa shape index (κ2) is 17.8. The number of nitrogens with zero attached hydrogens (tertiary/aromatic N) is 1. The Balaban J connectivity index is 1.75. The van der Waals surface area contributed by atoms with Gasteiger partial charge in [0.15, 0.2) is 0 Å². The van der Waals surface area contributed by atoms with Crippen molar-refractivity contribution in [3.05, 3.63) is 0 Å². The van der Waals surface area contributed by atoms with Crippen molar-refractivity contribution < 1.29 is 5.11 Å². The van der Waals surface area contributed by atoms with Crippen LogP contribution >= 0.6 is 0 Å². The van der Waals surface area contributed by atoms with E-state index in [4.69, 9.17) is 0 Å². The van der Waals surface area contributed by atoms with E-state index in [1.807, 2.05) is 0 Å². The summed E-state index contributed by atoms with van der Waals surface area (Å²) in [5.74, 6) is 1.30. The molecule has 3 heteroatoms. The molecule has 0 aromatic rings. The van der Waals surface area contributed by atoms with E-state index in [1.165, 1.54) is 103 Å². The molecule has 3 nitrogen and oxygen atoms in total. The van der Waals surface area contributed by atoms with Gasteiger partial charge in [-0.25, -0.2) is 0 Å². The molecule has 1 heterocycles. The summed E-state index contributed by atoms with van der Waals surface area (Å²) in [5.41, 5.74) is 0. The maximum Gasteiger partial charge on any atom is 0.102 e. The van der Waals surface area contributed by atoms with E-state index in [1.54, 1.807) is 0 Å². The van der Waals surface area contributed by atoms with Crippen molar-refractivity contribution in [2.75, 3.05) is 19.7 Å². The van der Waals surface area contributed by atoms with E-state index in [2.05, 4.69) is 17.2 Å². The second-order valence-electron chi connectivity index (χ2n) is 8.17. The highest BCUT2D eigenvalue weighted by Gasteiger charge is 2.17. The van der Waals surface area contributed by atoms with Gasteiger partial charge in [0, 0.05) is 12.5 Å². The van der Waals surface area contributed by atoms with E-state index in [0.717, 1.165) is 25.3 Å². The minimum atomic E-state index is 0.241. The lowest BCUT2D eigenvalue weighted by Crippen LogP contribution is -2.29. The monoisotopic (exact) mass is 366 g/mol. The number of aliphatic imine (C=N–C) groups is 1. The lowest BCUT2D eigenvalue weighted by molar-refractivity contribution is 0.251. The first-order chi connectivity index (χ1) is 12.9. The summed E-state index contributed by atoms with van der Waals surface area (Å²) in [6.07, 6.45) is 23.6. The fraction of sp³-hybridized carbons (Fsp3) is 0.957. The van der Waals surface area contributed by atoms with Crippen LogP contribution in [0.2, 0.25) is 0 Å². The third-order valence-corrected chi connectivity index (χ3v) is 5.71. The van der Waals surface area contributed by atoms with Gasteiger partial charge in [-0.05, 0) is 6.42 Å². The van der Waals surface area contributed by atoms with Gasteiger partial charge in [0.25, 0.3) is 0 Å². The van der Waals surface area contributed by atoms with Crippen molar-refractivity contribution in [1.29, 1.82) is 0 Å². The third kappa shape index (κ3) is 12.7. The molecule has 0 bridgehead atoms. The van der Waals surface area contributed by atoms with Crippen molar-refractivity contribution in [3.8, 4) is 0 Å². The van der Waals surface area contributed by atoms with Crippen LogP contribution in [-0.4, -0.2) is 30.6 Å². The van der Waals surface area contributed by atoms with Gasteiger partial charge in [0.1, 0.15) is 5.84 Å². The van der Waals surface area contributed by atoms with Gasteiger partial charge in [-0.2, -0.15) is 0 Å². The van der Waals surface area contributed by atoms with Gasteiger partial charge in [-0.1, -0.05) is 110 Å². The lowest BCUT2D eigenvalue weighted by Gasteiger charge is -2.14.